The lowest BCUT2D eigenvalue weighted by atomic mass is 9.77. The second kappa shape index (κ2) is 4.09. The number of aliphatic hydroxyl groups is 1. The Morgan fingerprint density at radius 1 is 1.62 bits per heavy atom. The van der Waals surface area contributed by atoms with Crippen LogP contribution in [0.25, 0.3) is 0 Å². The Morgan fingerprint density at radius 2 is 2.38 bits per heavy atom. The van der Waals surface area contributed by atoms with E-state index in [0.717, 1.165) is 19.3 Å². The smallest absolute Gasteiger partial charge is 0.272 e. The molecular formula is C11H15N3O2. The van der Waals surface area contributed by atoms with Gasteiger partial charge in [-0.3, -0.25) is 4.79 Å². The molecule has 4 N–H and O–H groups in total. The highest BCUT2D eigenvalue weighted by Gasteiger charge is 2.38. The van der Waals surface area contributed by atoms with Crippen molar-refractivity contribution < 1.29 is 9.90 Å². The standard InChI is InChI=1S/C11H15N3O2/c12-8-3-1-6-13-9(8)10(16)14-11(7-15)4-2-5-11/h1,3,6,15H,2,4-5,7,12H2,(H,14,16). The molecular weight excluding hydrogens is 206 g/mol. The number of carbonyl (C=O) groups excluding carboxylic acids is 1. The van der Waals surface area contributed by atoms with Crippen LogP contribution in [0.1, 0.15) is 29.8 Å². The number of nitrogens with two attached hydrogens (primary N) is 1. The third kappa shape index (κ3) is 1.86. The van der Waals surface area contributed by atoms with E-state index in [1.807, 2.05) is 0 Å². The highest BCUT2D eigenvalue weighted by molar-refractivity contribution is 5.97. The molecule has 0 unspecified atom stereocenters. The molecule has 5 nitrogen and oxygen atoms in total. The number of rotatable bonds is 3. The van der Waals surface area contributed by atoms with Crippen LogP contribution in [0.2, 0.25) is 0 Å². The molecule has 0 aromatic carbocycles. The zero-order chi connectivity index (χ0) is 11.6. The maximum absolute atomic E-state index is 11.9. The Bertz CT molecular complexity index is 396. The molecule has 1 amide bonds. The largest absolute Gasteiger partial charge is 0.397 e. The van der Waals surface area contributed by atoms with Crippen molar-refractivity contribution in [3.63, 3.8) is 0 Å². The lowest BCUT2D eigenvalue weighted by molar-refractivity contribution is 0.0638. The summed E-state index contributed by atoms with van der Waals surface area (Å²) in [4.78, 5) is 15.8. The first-order valence-electron chi connectivity index (χ1n) is 5.31. The van der Waals surface area contributed by atoms with Crippen molar-refractivity contribution in [2.75, 3.05) is 12.3 Å². The van der Waals surface area contributed by atoms with Gasteiger partial charge < -0.3 is 16.2 Å². The molecule has 1 heterocycles. The fourth-order valence-electron chi connectivity index (χ4n) is 1.83. The first-order valence-corrected chi connectivity index (χ1v) is 5.31. The molecule has 1 aromatic rings. The fourth-order valence-corrected chi connectivity index (χ4v) is 1.83. The Labute approximate surface area is 93.7 Å². The van der Waals surface area contributed by atoms with E-state index in [2.05, 4.69) is 10.3 Å². The zero-order valence-electron chi connectivity index (χ0n) is 8.94. The van der Waals surface area contributed by atoms with Crippen molar-refractivity contribution in [2.45, 2.75) is 24.8 Å². The van der Waals surface area contributed by atoms with Crippen LogP contribution in [-0.4, -0.2) is 28.1 Å². The number of aliphatic hydroxyl groups excluding tert-OH is 1. The lowest BCUT2D eigenvalue weighted by Gasteiger charge is -2.40. The van der Waals surface area contributed by atoms with E-state index >= 15 is 0 Å². The molecule has 1 aromatic heterocycles. The summed E-state index contributed by atoms with van der Waals surface area (Å²) in [6, 6.07) is 3.31. The number of nitrogens with zero attached hydrogens (tertiary/aromatic N) is 1. The average molecular weight is 221 g/mol. The number of nitrogen functional groups attached to an aromatic ring is 1. The molecule has 2 rings (SSSR count). The number of hydrogen-bond acceptors (Lipinski definition) is 4. The van der Waals surface area contributed by atoms with Crippen molar-refractivity contribution >= 4 is 11.6 Å². The highest BCUT2D eigenvalue weighted by atomic mass is 16.3. The van der Waals surface area contributed by atoms with Crippen molar-refractivity contribution in [2.24, 2.45) is 0 Å². The van der Waals surface area contributed by atoms with Gasteiger partial charge in [-0.25, -0.2) is 4.98 Å². The number of aromatic nitrogens is 1. The maximum Gasteiger partial charge on any atom is 0.272 e. The number of anilines is 1. The van der Waals surface area contributed by atoms with Crippen LogP contribution < -0.4 is 11.1 Å². The van der Waals surface area contributed by atoms with Crippen molar-refractivity contribution in [3.05, 3.63) is 24.0 Å². The lowest BCUT2D eigenvalue weighted by Crippen LogP contribution is -2.56. The van der Waals surface area contributed by atoms with E-state index < -0.39 is 5.54 Å². The average Bonchev–Trinajstić information content (AvgIpc) is 2.24. The first kappa shape index (κ1) is 10.9. The molecule has 16 heavy (non-hydrogen) atoms. The van der Waals surface area contributed by atoms with Gasteiger partial charge in [0.05, 0.1) is 17.8 Å². The van der Waals surface area contributed by atoms with Crippen LogP contribution in [0.3, 0.4) is 0 Å². The Balaban J connectivity index is 2.11. The van der Waals surface area contributed by atoms with Gasteiger partial charge in [-0.2, -0.15) is 0 Å². The number of carbonyl (C=O) groups is 1. The number of hydrogen-bond donors (Lipinski definition) is 3. The normalized spacial score (nSPS) is 17.6. The third-order valence-electron chi connectivity index (χ3n) is 3.05. The Kier molecular flexibility index (Phi) is 2.78. The summed E-state index contributed by atoms with van der Waals surface area (Å²) >= 11 is 0. The molecule has 0 aliphatic heterocycles. The van der Waals surface area contributed by atoms with E-state index in [1.165, 1.54) is 6.20 Å². The molecule has 86 valence electrons. The minimum absolute atomic E-state index is 0.0362. The maximum atomic E-state index is 11.9. The van der Waals surface area contributed by atoms with Gasteiger partial charge in [-0.15, -0.1) is 0 Å². The van der Waals surface area contributed by atoms with Crippen LogP contribution in [0.4, 0.5) is 5.69 Å². The van der Waals surface area contributed by atoms with Crippen LogP contribution in [0.5, 0.6) is 0 Å². The van der Waals surface area contributed by atoms with E-state index in [9.17, 15) is 9.90 Å². The van der Waals surface area contributed by atoms with E-state index in [4.69, 9.17) is 5.73 Å². The topological polar surface area (TPSA) is 88.2 Å². The van der Waals surface area contributed by atoms with Crippen molar-refractivity contribution in [1.82, 2.24) is 10.3 Å². The molecule has 0 saturated heterocycles. The summed E-state index contributed by atoms with van der Waals surface area (Å²) in [5.41, 5.74) is 5.78. The molecule has 0 radical (unpaired) electrons. The number of pyridine rings is 1. The SMILES string of the molecule is Nc1cccnc1C(=O)NC1(CO)CCC1. The molecule has 1 aliphatic rings. The van der Waals surface area contributed by atoms with Crippen LogP contribution in [-0.2, 0) is 0 Å². The third-order valence-corrected chi connectivity index (χ3v) is 3.05. The van der Waals surface area contributed by atoms with Gasteiger partial charge in [0.15, 0.2) is 5.69 Å². The monoisotopic (exact) mass is 221 g/mol. The second-order valence-electron chi connectivity index (χ2n) is 4.19. The van der Waals surface area contributed by atoms with Gasteiger partial charge >= 0.3 is 0 Å². The van der Waals surface area contributed by atoms with Gasteiger partial charge in [0.25, 0.3) is 5.91 Å². The minimum Gasteiger partial charge on any atom is -0.397 e. The molecule has 0 spiro atoms. The predicted octanol–water partition coefficient (Wildman–Crippen LogP) is 0.309. The zero-order valence-corrected chi connectivity index (χ0v) is 8.94. The van der Waals surface area contributed by atoms with E-state index in [0.29, 0.717) is 5.69 Å². The molecule has 0 atom stereocenters. The molecule has 1 saturated carbocycles. The van der Waals surface area contributed by atoms with Gasteiger partial charge in [0, 0.05) is 6.20 Å². The van der Waals surface area contributed by atoms with Crippen molar-refractivity contribution in [1.29, 1.82) is 0 Å². The Morgan fingerprint density at radius 3 is 2.88 bits per heavy atom. The van der Waals surface area contributed by atoms with Crippen molar-refractivity contribution in [3.8, 4) is 0 Å². The van der Waals surface area contributed by atoms with Gasteiger partial charge in [0.1, 0.15) is 0 Å². The van der Waals surface area contributed by atoms with E-state index in [1.54, 1.807) is 12.1 Å². The summed E-state index contributed by atoms with van der Waals surface area (Å²) in [6.07, 6.45) is 4.17. The van der Waals surface area contributed by atoms with Gasteiger partial charge in [-0.05, 0) is 31.4 Å². The van der Waals surface area contributed by atoms with Crippen LogP contribution in [0, 0.1) is 0 Å². The molecule has 5 heteroatoms. The molecule has 0 bridgehead atoms. The summed E-state index contributed by atoms with van der Waals surface area (Å²) < 4.78 is 0. The summed E-state index contributed by atoms with van der Waals surface area (Å²) in [7, 11) is 0. The summed E-state index contributed by atoms with van der Waals surface area (Å²) in [5, 5.41) is 12.0. The molecule has 1 aliphatic carbocycles. The second-order valence-corrected chi connectivity index (χ2v) is 4.19. The number of amides is 1. The highest BCUT2D eigenvalue weighted by Crippen LogP contribution is 2.31. The minimum atomic E-state index is -0.457. The first-order chi connectivity index (χ1) is 7.67. The number of nitrogens with one attached hydrogen (secondary N) is 1. The summed E-state index contributed by atoms with van der Waals surface area (Å²) in [6.45, 7) is -0.0362. The summed E-state index contributed by atoms with van der Waals surface area (Å²) in [5.74, 6) is -0.313. The van der Waals surface area contributed by atoms with Crippen LogP contribution in [0.15, 0.2) is 18.3 Å². The predicted molar refractivity (Wildman–Crippen MR) is 59.8 cm³/mol. The fraction of sp³-hybridized carbons (Fsp3) is 0.455. The van der Waals surface area contributed by atoms with E-state index in [-0.39, 0.29) is 18.2 Å². The van der Waals surface area contributed by atoms with Gasteiger partial charge in [0.2, 0.25) is 0 Å². The van der Waals surface area contributed by atoms with Gasteiger partial charge in [-0.1, -0.05) is 0 Å². The Hall–Kier alpha value is -1.62. The quantitative estimate of drug-likeness (QED) is 0.685. The molecule has 1 fully saturated rings. The van der Waals surface area contributed by atoms with Crippen LogP contribution >= 0.6 is 0 Å².